The first kappa shape index (κ1) is 13.9. The molecule has 0 amide bonds. The van der Waals surface area contributed by atoms with Crippen molar-refractivity contribution in [3.8, 4) is 22.5 Å². The highest BCUT2D eigenvalue weighted by atomic mass is 35.5. The van der Waals surface area contributed by atoms with Gasteiger partial charge in [-0.1, -0.05) is 18.2 Å². The van der Waals surface area contributed by atoms with Crippen LogP contribution in [0.4, 0.5) is 0 Å². The highest BCUT2D eigenvalue weighted by Gasteiger charge is 2.08. The van der Waals surface area contributed by atoms with Gasteiger partial charge < -0.3 is 4.42 Å². The standard InChI is InChI=1S/C17H11NOS.ClH/c1-3-13(10-18-7-1)15-11-20-17-9-12(5-6-14(15)17)16-4-2-8-19-16;/h1-11H;1H. The molecule has 0 saturated carbocycles. The predicted molar refractivity (Wildman–Crippen MR) is 90.0 cm³/mol. The third-order valence-electron chi connectivity index (χ3n) is 3.35. The van der Waals surface area contributed by atoms with Gasteiger partial charge in [-0.25, -0.2) is 0 Å². The van der Waals surface area contributed by atoms with Gasteiger partial charge >= 0.3 is 0 Å². The number of pyridine rings is 1. The van der Waals surface area contributed by atoms with Crippen molar-refractivity contribution in [2.45, 2.75) is 0 Å². The molecule has 4 heteroatoms. The molecule has 2 nitrogen and oxygen atoms in total. The number of thiophene rings is 1. The quantitative estimate of drug-likeness (QED) is 0.478. The molecule has 0 unspecified atom stereocenters. The topological polar surface area (TPSA) is 26.0 Å². The molecule has 0 aliphatic carbocycles. The number of hydrogen-bond donors (Lipinski definition) is 0. The Labute approximate surface area is 132 Å². The van der Waals surface area contributed by atoms with Crippen molar-refractivity contribution in [1.29, 1.82) is 0 Å². The molecule has 0 saturated heterocycles. The molecule has 0 aliphatic heterocycles. The van der Waals surface area contributed by atoms with Crippen LogP contribution in [0.2, 0.25) is 0 Å². The lowest BCUT2D eigenvalue weighted by Crippen LogP contribution is -1.78. The SMILES string of the molecule is Cl.c1cncc(-c2csc3cc(-c4ccco4)ccc23)c1. The predicted octanol–water partition coefficient (Wildman–Crippen LogP) is 5.65. The number of fused-ring (bicyclic) bond motifs is 1. The number of furan rings is 1. The average molecular weight is 314 g/mol. The van der Waals surface area contributed by atoms with Gasteiger partial charge in [0.25, 0.3) is 0 Å². The minimum absolute atomic E-state index is 0. The highest BCUT2D eigenvalue weighted by molar-refractivity contribution is 7.17. The number of benzene rings is 1. The number of halogens is 1. The summed E-state index contributed by atoms with van der Waals surface area (Å²) < 4.78 is 6.72. The fraction of sp³-hybridized carbons (Fsp3) is 0. The van der Waals surface area contributed by atoms with Crippen LogP contribution in [0.3, 0.4) is 0 Å². The molecule has 0 radical (unpaired) electrons. The van der Waals surface area contributed by atoms with Crippen LogP contribution in [0.5, 0.6) is 0 Å². The summed E-state index contributed by atoms with van der Waals surface area (Å²) in [4.78, 5) is 4.20. The van der Waals surface area contributed by atoms with E-state index < -0.39 is 0 Å². The molecule has 0 N–H and O–H groups in total. The summed E-state index contributed by atoms with van der Waals surface area (Å²) >= 11 is 1.75. The normalized spacial score (nSPS) is 10.5. The molecule has 0 fully saturated rings. The first-order chi connectivity index (χ1) is 9.92. The van der Waals surface area contributed by atoms with E-state index in [0.717, 1.165) is 16.9 Å². The Kier molecular flexibility index (Phi) is 3.78. The van der Waals surface area contributed by atoms with Crippen LogP contribution >= 0.6 is 23.7 Å². The van der Waals surface area contributed by atoms with E-state index in [9.17, 15) is 0 Å². The van der Waals surface area contributed by atoms with Crippen molar-refractivity contribution < 1.29 is 4.42 Å². The second kappa shape index (κ2) is 5.72. The molecular formula is C17H12ClNOS. The summed E-state index contributed by atoms with van der Waals surface area (Å²) in [6.45, 7) is 0. The van der Waals surface area contributed by atoms with Crippen molar-refractivity contribution in [3.63, 3.8) is 0 Å². The molecule has 1 aromatic carbocycles. The van der Waals surface area contributed by atoms with Gasteiger partial charge in [-0.2, -0.15) is 0 Å². The maximum Gasteiger partial charge on any atom is 0.133 e. The van der Waals surface area contributed by atoms with Crippen molar-refractivity contribution in [3.05, 3.63) is 66.5 Å². The second-order valence-electron chi connectivity index (χ2n) is 4.58. The molecule has 0 atom stereocenters. The minimum Gasteiger partial charge on any atom is -0.464 e. The van der Waals surface area contributed by atoms with Gasteiger partial charge in [0.05, 0.1) is 6.26 Å². The Morgan fingerprint density at radius 3 is 2.71 bits per heavy atom. The molecule has 3 aromatic heterocycles. The third-order valence-corrected chi connectivity index (χ3v) is 4.30. The summed E-state index contributed by atoms with van der Waals surface area (Å²) in [7, 11) is 0. The van der Waals surface area contributed by atoms with Crippen molar-refractivity contribution in [1.82, 2.24) is 4.98 Å². The smallest absolute Gasteiger partial charge is 0.133 e. The summed E-state index contributed by atoms with van der Waals surface area (Å²) in [5.74, 6) is 0.906. The van der Waals surface area contributed by atoms with E-state index in [0.29, 0.717) is 0 Å². The Morgan fingerprint density at radius 1 is 1.00 bits per heavy atom. The van der Waals surface area contributed by atoms with Crippen LogP contribution < -0.4 is 0 Å². The Balaban J connectivity index is 0.00000132. The number of hydrogen-bond acceptors (Lipinski definition) is 3. The van der Waals surface area contributed by atoms with E-state index >= 15 is 0 Å². The van der Waals surface area contributed by atoms with Crippen LogP contribution in [0, 0.1) is 0 Å². The molecule has 0 spiro atoms. The van der Waals surface area contributed by atoms with Crippen LogP contribution in [0.25, 0.3) is 32.5 Å². The zero-order valence-corrected chi connectivity index (χ0v) is 12.7. The van der Waals surface area contributed by atoms with Gasteiger partial charge in [0.2, 0.25) is 0 Å². The number of nitrogens with zero attached hydrogens (tertiary/aromatic N) is 1. The third kappa shape index (κ3) is 2.46. The van der Waals surface area contributed by atoms with E-state index in [1.54, 1.807) is 23.8 Å². The number of rotatable bonds is 2. The van der Waals surface area contributed by atoms with Crippen LogP contribution in [-0.2, 0) is 0 Å². The van der Waals surface area contributed by atoms with E-state index in [4.69, 9.17) is 4.42 Å². The van der Waals surface area contributed by atoms with Gasteiger partial charge in [0.1, 0.15) is 5.76 Å². The monoisotopic (exact) mass is 313 g/mol. The fourth-order valence-corrected chi connectivity index (χ4v) is 3.38. The van der Waals surface area contributed by atoms with Gasteiger partial charge in [-0.15, -0.1) is 23.7 Å². The molecular weight excluding hydrogens is 302 g/mol. The Bertz CT molecular complexity index is 853. The molecule has 0 bridgehead atoms. The Morgan fingerprint density at radius 2 is 1.95 bits per heavy atom. The fourth-order valence-electron chi connectivity index (χ4n) is 2.37. The lowest BCUT2D eigenvalue weighted by molar-refractivity contribution is 0.582. The summed E-state index contributed by atoms with van der Waals surface area (Å²) in [6, 6.07) is 14.4. The summed E-state index contributed by atoms with van der Waals surface area (Å²) in [6.07, 6.45) is 5.41. The summed E-state index contributed by atoms with van der Waals surface area (Å²) in [5.41, 5.74) is 3.51. The largest absolute Gasteiger partial charge is 0.464 e. The van der Waals surface area contributed by atoms with Crippen molar-refractivity contribution in [2.75, 3.05) is 0 Å². The van der Waals surface area contributed by atoms with Crippen molar-refractivity contribution in [2.24, 2.45) is 0 Å². The van der Waals surface area contributed by atoms with Gasteiger partial charge in [0.15, 0.2) is 0 Å². The number of aromatic nitrogens is 1. The maximum absolute atomic E-state index is 5.45. The van der Waals surface area contributed by atoms with Gasteiger partial charge in [0, 0.05) is 39.2 Å². The second-order valence-corrected chi connectivity index (χ2v) is 5.49. The van der Waals surface area contributed by atoms with E-state index in [2.05, 4.69) is 34.6 Å². The molecule has 0 aliphatic rings. The zero-order valence-electron chi connectivity index (χ0n) is 11.0. The first-order valence-corrected chi connectivity index (χ1v) is 7.25. The minimum atomic E-state index is 0. The molecule has 4 aromatic rings. The molecule has 104 valence electrons. The first-order valence-electron chi connectivity index (χ1n) is 6.37. The summed E-state index contributed by atoms with van der Waals surface area (Å²) in [5, 5.41) is 3.45. The van der Waals surface area contributed by atoms with Gasteiger partial charge in [-0.05, 0) is 29.6 Å². The Hall–Kier alpha value is -2.10. The van der Waals surface area contributed by atoms with E-state index in [-0.39, 0.29) is 12.4 Å². The zero-order chi connectivity index (χ0) is 13.4. The van der Waals surface area contributed by atoms with E-state index in [1.165, 1.54) is 15.6 Å². The lowest BCUT2D eigenvalue weighted by Gasteiger charge is -2.00. The van der Waals surface area contributed by atoms with Crippen LogP contribution in [-0.4, -0.2) is 4.98 Å². The average Bonchev–Trinajstić information content (AvgIpc) is 3.17. The van der Waals surface area contributed by atoms with Crippen LogP contribution in [0.15, 0.2) is 70.9 Å². The van der Waals surface area contributed by atoms with E-state index in [1.807, 2.05) is 24.4 Å². The molecule has 21 heavy (non-hydrogen) atoms. The lowest BCUT2D eigenvalue weighted by atomic mass is 10.0. The highest BCUT2D eigenvalue weighted by Crippen LogP contribution is 2.36. The molecule has 4 rings (SSSR count). The van der Waals surface area contributed by atoms with Gasteiger partial charge in [-0.3, -0.25) is 4.98 Å². The van der Waals surface area contributed by atoms with Crippen molar-refractivity contribution >= 4 is 33.8 Å². The van der Waals surface area contributed by atoms with Crippen LogP contribution in [0.1, 0.15) is 0 Å². The maximum atomic E-state index is 5.45. The molecule has 3 heterocycles.